The van der Waals surface area contributed by atoms with Crippen LogP contribution in [0, 0.1) is 6.92 Å². The van der Waals surface area contributed by atoms with Crippen molar-refractivity contribution in [1.29, 1.82) is 0 Å². The van der Waals surface area contributed by atoms with Crippen molar-refractivity contribution in [2.75, 3.05) is 19.0 Å². The predicted octanol–water partition coefficient (Wildman–Crippen LogP) is 3.74. The lowest BCUT2D eigenvalue weighted by Gasteiger charge is -2.13. The summed E-state index contributed by atoms with van der Waals surface area (Å²) in [6.07, 6.45) is 1.44. The maximum atomic E-state index is 12.1. The van der Waals surface area contributed by atoms with Crippen molar-refractivity contribution in [3.05, 3.63) is 59.4 Å². The van der Waals surface area contributed by atoms with E-state index in [9.17, 15) is 4.79 Å². The molecule has 0 saturated heterocycles. The minimum Gasteiger partial charge on any atom is -0.496 e. The number of ether oxygens (including phenoxy) is 2. The number of hydrogen-bond donors (Lipinski definition) is 1. The third kappa shape index (κ3) is 3.59. The number of carbonyl (C=O) groups excluding carboxylic acids is 1. The van der Waals surface area contributed by atoms with Crippen molar-refractivity contribution in [3.63, 3.8) is 0 Å². The molecular weight excluding hydrogens is 330 g/mol. The lowest BCUT2D eigenvalue weighted by molar-refractivity contribution is 0.0528. The summed E-state index contributed by atoms with van der Waals surface area (Å²) in [5, 5.41) is 4.08. The van der Waals surface area contributed by atoms with Crippen molar-refractivity contribution in [1.82, 2.24) is 9.97 Å². The van der Waals surface area contributed by atoms with Crippen LogP contribution in [-0.4, -0.2) is 29.7 Å². The molecule has 0 bridgehead atoms. The minimum atomic E-state index is -0.386. The number of nitrogens with one attached hydrogen (secondary N) is 1. The maximum Gasteiger partial charge on any atom is 0.340 e. The number of carbonyl (C=O) groups is 1. The molecule has 0 atom stereocenters. The fourth-order valence-corrected chi connectivity index (χ4v) is 2.78. The summed E-state index contributed by atoms with van der Waals surface area (Å²) in [6.45, 7) is 4.66. The first-order valence-electron chi connectivity index (χ1n) is 8.42. The minimum absolute atomic E-state index is 0.318. The first-order valence-corrected chi connectivity index (χ1v) is 8.42. The number of fused-ring (bicyclic) bond motifs is 1. The molecule has 2 aromatic carbocycles. The number of para-hydroxylation sites is 1. The summed E-state index contributed by atoms with van der Waals surface area (Å²) >= 11 is 0. The van der Waals surface area contributed by atoms with E-state index in [4.69, 9.17) is 9.47 Å². The molecule has 1 heterocycles. The summed E-state index contributed by atoms with van der Waals surface area (Å²) in [4.78, 5) is 20.7. The molecule has 26 heavy (non-hydrogen) atoms. The Morgan fingerprint density at radius 1 is 1.19 bits per heavy atom. The Hall–Kier alpha value is -3.15. The number of hydrogen-bond acceptors (Lipinski definition) is 6. The van der Waals surface area contributed by atoms with E-state index < -0.39 is 0 Å². The SMILES string of the molecule is CCOC(=O)c1cccc2c(NCc3ccc(C)cc3OC)ncnc12. The standard InChI is InChI=1S/C20H21N3O3/c1-4-26-20(24)16-7-5-6-15-18(16)22-12-23-19(15)21-11-14-9-8-13(2)10-17(14)25-3/h5-10,12H,4,11H2,1-3H3,(H,21,22,23). The van der Waals surface area contributed by atoms with Gasteiger partial charge in [0.25, 0.3) is 0 Å². The number of anilines is 1. The third-order valence-electron chi connectivity index (χ3n) is 4.05. The normalized spacial score (nSPS) is 10.6. The Labute approximate surface area is 152 Å². The van der Waals surface area contributed by atoms with E-state index >= 15 is 0 Å². The van der Waals surface area contributed by atoms with Gasteiger partial charge in [0.15, 0.2) is 0 Å². The lowest BCUT2D eigenvalue weighted by Crippen LogP contribution is -2.08. The number of nitrogens with zero attached hydrogens (tertiary/aromatic N) is 2. The lowest BCUT2D eigenvalue weighted by atomic mass is 10.1. The molecule has 3 rings (SSSR count). The zero-order chi connectivity index (χ0) is 18.5. The Morgan fingerprint density at radius 2 is 2.04 bits per heavy atom. The molecule has 0 aliphatic rings. The fraction of sp³-hybridized carbons (Fsp3) is 0.250. The van der Waals surface area contributed by atoms with E-state index in [2.05, 4.69) is 15.3 Å². The zero-order valence-electron chi connectivity index (χ0n) is 15.1. The van der Waals surface area contributed by atoms with Crippen molar-refractivity contribution < 1.29 is 14.3 Å². The Bertz CT molecular complexity index is 941. The Kier molecular flexibility index (Phi) is 5.31. The van der Waals surface area contributed by atoms with E-state index in [1.165, 1.54) is 6.33 Å². The van der Waals surface area contributed by atoms with Gasteiger partial charge >= 0.3 is 5.97 Å². The van der Waals surface area contributed by atoms with Gasteiger partial charge in [-0.2, -0.15) is 0 Å². The van der Waals surface area contributed by atoms with Crippen molar-refractivity contribution in [2.24, 2.45) is 0 Å². The third-order valence-corrected chi connectivity index (χ3v) is 4.05. The van der Waals surface area contributed by atoms with Gasteiger partial charge in [-0.3, -0.25) is 0 Å². The number of benzene rings is 2. The van der Waals surface area contributed by atoms with Crippen LogP contribution in [0.5, 0.6) is 5.75 Å². The van der Waals surface area contributed by atoms with Gasteiger partial charge in [0.2, 0.25) is 0 Å². The predicted molar refractivity (Wildman–Crippen MR) is 101 cm³/mol. The molecule has 0 radical (unpaired) electrons. The van der Waals surface area contributed by atoms with Crippen LogP contribution in [0.2, 0.25) is 0 Å². The zero-order valence-corrected chi connectivity index (χ0v) is 15.1. The van der Waals surface area contributed by atoms with Gasteiger partial charge in [-0.15, -0.1) is 0 Å². The molecule has 0 aliphatic heterocycles. The highest BCUT2D eigenvalue weighted by atomic mass is 16.5. The van der Waals surface area contributed by atoms with Gasteiger partial charge in [0, 0.05) is 17.5 Å². The highest BCUT2D eigenvalue weighted by Crippen LogP contribution is 2.25. The number of aryl methyl sites for hydroxylation is 1. The molecule has 0 unspecified atom stereocenters. The van der Waals surface area contributed by atoms with Gasteiger partial charge in [-0.25, -0.2) is 14.8 Å². The molecule has 6 heteroatoms. The van der Waals surface area contributed by atoms with Gasteiger partial charge in [0.05, 0.1) is 24.8 Å². The summed E-state index contributed by atoms with van der Waals surface area (Å²) in [7, 11) is 1.66. The van der Waals surface area contributed by atoms with E-state index in [0.717, 1.165) is 22.3 Å². The molecule has 6 nitrogen and oxygen atoms in total. The molecular formula is C20H21N3O3. The number of esters is 1. The Balaban J connectivity index is 1.92. The molecule has 134 valence electrons. The molecule has 0 spiro atoms. The van der Waals surface area contributed by atoms with Crippen molar-refractivity contribution in [3.8, 4) is 5.75 Å². The van der Waals surface area contributed by atoms with Crippen LogP contribution >= 0.6 is 0 Å². The second kappa shape index (κ2) is 7.82. The van der Waals surface area contributed by atoms with E-state index in [-0.39, 0.29) is 5.97 Å². The second-order valence-electron chi connectivity index (χ2n) is 5.81. The summed E-state index contributed by atoms with van der Waals surface area (Å²) < 4.78 is 10.6. The molecule has 3 aromatic rings. The topological polar surface area (TPSA) is 73.3 Å². The van der Waals surface area contributed by atoms with Crippen LogP contribution in [0.15, 0.2) is 42.7 Å². The molecule has 1 N–H and O–H groups in total. The quantitative estimate of drug-likeness (QED) is 0.682. The van der Waals surface area contributed by atoms with E-state index in [0.29, 0.717) is 30.0 Å². The smallest absolute Gasteiger partial charge is 0.340 e. The van der Waals surface area contributed by atoms with Gasteiger partial charge in [0.1, 0.15) is 17.9 Å². The van der Waals surface area contributed by atoms with Crippen molar-refractivity contribution in [2.45, 2.75) is 20.4 Å². The van der Waals surface area contributed by atoms with Crippen LogP contribution in [-0.2, 0) is 11.3 Å². The van der Waals surface area contributed by atoms with Crippen LogP contribution in [0.4, 0.5) is 5.82 Å². The van der Waals surface area contributed by atoms with Crippen LogP contribution in [0.1, 0.15) is 28.4 Å². The molecule has 0 fully saturated rings. The van der Waals surface area contributed by atoms with Crippen LogP contribution in [0.3, 0.4) is 0 Å². The Morgan fingerprint density at radius 3 is 2.81 bits per heavy atom. The highest BCUT2D eigenvalue weighted by molar-refractivity contribution is 6.05. The average molecular weight is 351 g/mol. The number of aromatic nitrogens is 2. The fourth-order valence-electron chi connectivity index (χ4n) is 2.78. The van der Waals surface area contributed by atoms with Gasteiger partial charge in [-0.05, 0) is 37.6 Å². The van der Waals surface area contributed by atoms with Gasteiger partial charge in [-0.1, -0.05) is 18.2 Å². The number of rotatable bonds is 6. The average Bonchev–Trinajstić information content (AvgIpc) is 2.66. The van der Waals surface area contributed by atoms with E-state index in [1.807, 2.05) is 31.2 Å². The van der Waals surface area contributed by atoms with Crippen molar-refractivity contribution >= 4 is 22.7 Å². The first-order chi connectivity index (χ1) is 12.6. The first kappa shape index (κ1) is 17.7. The summed E-state index contributed by atoms with van der Waals surface area (Å²) in [5.74, 6) is 1.09. The van der Waals surface area contributed by atoms with Crippen LogP contribution < -0.4 is 10.1 Å². The highest BCUT2D eigenvalue weighted by Gasteiger charge is 2.14. The van der Waals surface area contributed by atoms with E-state index in [1.54, 1.807) is 26.2 Å². The summed E-state index contributed by atoms with van der Waals surface area (Å²) in [6, 6.07) is 11.4. The molecule has 1 aromatic heterocycles. The van der Waals surface area contributed by atoms with Crippen LogP contribution in [0.25, 0.3) is 10.9 Å². The maximum absolute atomic E-state index is 12.1. The van der Waals surface area contributed by atoms with Gasteiger partial charge < -0.3 is 14.8 Å². The second-order valence-corrected chi connectivity index (χ2v) is 5.81. The summed E-state index contributed by atoms with van der Waals surface area (Å²) in [5.41, 5.74) is 3.16. The molecule has 0 saturated carbocycles. The molecule has 0 aliphatic carbocycles. The molecule has 0 amide bonds. The number of methoxy groups -OCH3 is 1. The largest absolute Gasteiger partial charge is 0.496 e. The monoisotopic (exact) mass is 351 g/mol.